The molecule has 0 fully saturated rings. The molecule has 0 amide bonds. The number of aliphatic hydroxyl groups is 1. The molecule has 0 aliphatic carbocycles. The van der Waals surface area contributed by atoms with Crippen LogP contribution in [0.5, 0.6) is 11.5 Å². The number of rotatable bonds is 2. The Kier molecular flexibility index (Phi) is 3.19. The Morgan fingerprint density at radius 3 is 2.61 bits per heavy atom. The monoisotopic (exact) mass is 266 g/mol. The molecule has 0 aromatic heterocycles. The first kappa shape index (κ1) is 13.4. The molecule has 18 heavy (non-hydrogen) atoms. The van der Waals surface area contributed by atoms with Gasteiger partial charge in [0.2, 0.25) is 8.32 Å². The minimum Gasteiger partial charge on any atom is -0.543 e. The summed E-state index contributed by atoms with van der Waals surface area (Å²) in [4.78, 5) is 0. The van der Waals surface area contributed by atoms with Crippen molar-refractivity contribution in [2.24, 2.45) is 0 Å². The Morgan fingerprint density at radius 1 is 1.33 bits per heavy atom. The van der Waals surface area contributed by atoms with Gasteiger partial charge >= 0.3 is 0 Å². The third kappa shape index (κ3) is 2.40. The highest BCUT2D eigenvalue weighted by Crippen LogP contribution is 2.40. The van der Waals surface area contributed by atoms with Gasteiger partial charge in [0.05, 0.1) is 0 Å². The molecule has 1 heterocycles. The van der Waals surface area contributed by atoms with E-state index >= 15 is 0 Å². The Bertz CT molecular complexity index is 449. The summed E-state index contributed by atoms with van der Waals surface area (Å²) in [5, 5.41) is 9.96. The van der Waals surface area contributed by atoms with Crippen LogP contribution in [-0.4, -0.2) is 20.0 Å². The summed E-state index contributed by atoms with van der Waals surface area (Å²) >= 11 is 0. The van der Waals surface area contributed by atoms with E-state index in [1.807, 2.05) is 18.2 Å². The minimum atomic E-state index is -1.82. The molecule has 1 aliphatic rings. The molecule has 0 spiro atoms. The quantitative estimate of drug-likeness (QED) is 0.833. The topological polar surface area (TPSA) is 38.7 Å². The van der Waals surface area contributed by atoms with Crippen LogP contribution in [-0.2, 0) is 0 Å². The van der Waals surface area contributed by atoms with Gasteiger partial charge in [0, 0.05) is 5.56 Å². The van der Waals surface area contributed by atoms with Crippen molar-refractivity contribution in [1.29, 1.82) is 0 Å². The third-order valence-corrected chi connectivity index (χ3v) is 8.27. The second-order valence-corrected chi connectivity index (χ2v) is 11.1. The van der Waals surface area contributed by atoms with E-state index in [9.17, 15) is 5.11 Å². The van der Waals surface area contributed by atoms with E-state index in [2.05, 4.69) is 33.9 Å². The highest BCUT2D eigenvalue weighted by Gasteiger charge is 2.39. The van der Waals surface area contributed by atoms with E-state index in [1.54, 1.807) is 0 Å². The van der Waals surface area contributed by atoms with Gasteiger partial charge in [-0.15, -0.1) is 0 Å². The fraction of sp³-hybridized carbons (Fsp3) is 0.571. The number of benzene rings is 1. The lowest BCUT2D eigenvalue weighted by Crippen LogP contribution is -2.43. The highest BCUT2D eigenvalue weighted by molar-refractivity contribution is 6.74. The zero-order valence-electron chi connectivity index (χ0n) is 11.8. The average molecular weight is 266 g/mol. The van der Waals surface area contributed by atoms with Crippen molar-refractivity contribution >= 4 is 8.32 Å². The molecule has 1 atom stereocenters. The van der Waals surface area contributed by atoms with Gasteiger partial charge < -0.3 is 14.3 Å². The van der Waals surface area contributed by atoms with Crippen molar-refractivity contribution < 1.29 is 14.3 Å². The standard InChI is InChI=1S/C14H22O3Si/c1-14(2,3)18(4,5)17-10-6-7-13-11(8-10)12(15)9-16-13/h6-8,12,15H,9H2,1-5H3/t12-/m1/s1. The van der Waals surface area contributed by atoms with Gasteiger partial charge in [-0.25, -0.2) is 0 Å². The van der Waals surface area contributed by atoms with Gasteiger partial charge in [0.1, 0.15) is 24.2 Å². The molecule has 0 bridgehead atoms. The predicted molar refractivity (Wildman–Crippen MR) is 74.7 cm³/mol. The summed E-state index contributed by atoms with van der Waals surface area (Å²) in [6, 6.07) is 5.72. The SMILES string of the molecule is CC(C)(C)[Si](C)(C)Oc1ccc2c(c1)[C@H](O)CO2. The summed E-state index contributed by atoms with van der Waals surface area (Å²) in [5.41, 5.74) is 0.839. The normalized spacial score (nSPS) is 19.3. The lowest BCUT2D eigenvalue weighted by atomic mass is 10.1. The summed E-state index contributed by atoms with van der Waals surface area (Å²) in [6.07, 6.45) is -0.525. The zero-order chi connectivity index (χ0) is 13.6. The van der Waals surface area contributed by atoms with Gasteiger partial charge in [0.15, 0.2) is 0 Å². The van der Waals surface area contributed by atoms with E-state index in [4.69, 9.17) is 9.16 Å². The van der Waals surface area contributed by atoms with Crippen LogP contribution < -0.4 is 9.16 Å². The van der Waals surface area contributed by atoms with Crippen LogP contribution in [0, 0.1) is 0 Å². The van der Waals surface area contributed by atoms with Crippen LogP contribution in [0.15, 0.2) is 18.2 Å². The molecule has 0 unspecified atom stereocenters. The van der Waals surface area contributed by atoms with Crippen molar-refractivity contribution in [2.75, 3.05) is 6.61 Å². The van der Waals surface area contributed by atoms with Gasteiger partial charge in [-0.2, -0.15) is 0 Å². The molecular formula is C14H22O3Si. The minimum absolute atomic E-state index is 0.168. The number of hydrogen-bond donors (Lipinski definition) is 1. The van der Waals surface area contributed by atoms with Crippen LogP contribution in [0.4, 0.5) is 0 Å². The summed E-state index contributed by atoms with van der Waals surface area (Å²) in [5.74, 6) is 1.61. The number of ether oxygens (including phenoxy) is 1. The van der Waals surface area contributed by atoms with Crippen LogP contribution in [0.2, 0.25) is 18.1 Å². The van der Waals surface area contributed by atoms with Crippen molar-refractivity contribution in [1.82, 2.24) is 0 Å². The van der Waals surface area contributed by atoms with Gasteiger partial charge in [-0.1, -0.05) is 20.8 Å². The number of hydrogen-bond acceptors (Lipinski definition) is 3. The molecule has 1 aromatic rings. The Hall–Kier alpha value is -1.00. The largest absolute Gasteiger partial charge is 0.543 e. The molecule has 1 N–H and O–H groups in total. The third-order valence-electron chi connectivity index (χ3n) is 3.92. The lowest BCUT2D eigenvalue weighted by molar-refractivity contribution is 0.140. The first-order valence-electron chi connectivity index (χ1n) is 6.34. The van der Waals surface area contributed by atoms with Gasteiger partial charge in [0.25, 0.3) is 0 Å². The van der Waals surface area contributed by atoms with Crippen molar-refractivity contribution in [3.05, 3.63) is 23.8 Å². The smallest absolute Gasteiger partial charge is 0.250 e. The average Bonchev–Trinajstić information content (AvgIpc) is 2.58. The fourth-order valence-corrected chi connectivity index (χ4v) is 2.71. The Morgan fingerprint density at radius 2 is 2.00 bits per heavy atom. The van der Waals surface area contributed by atoms with Crippen LogP contribution in [0.25, 0.3) is 0 Å². The van der Waals surface area contributed by atoms with Crippen LogP contribution in [0.3, 0.4) is 0 Å². The predicted octanol–water partition coefficient (Wildman–Crippen LogP) is 3.50. The maximum atomic E-state index is 9.79. The molecule has 2 rings (SSSR count). The van der Waals surface area contributed by atoms with Gasteiger partial charge in [-0.3, -0.25) is 0 Å². The molecule has 3 nitrogen and oxygen atoms in total. The molecule has 100 valence electrons. The molecule has 0 saturated heterocycles. The molecule has 0 saturated carbocycles. The lowest BCUT2D eigenvalue weighted by Gasteiger charge is -2.36. The second kappa shape index (κ2) is 4.28. The molecule has 0 radical (unpaired) electrons. The second-order valence-electron chi connectivity index (χ2n) is 6.39. The molecule has 1 aliphatic heterocycles. The number of fused-ring (bicyclic) bond motifs is 1. The van der Waals surface area contributed by atoms with Crippen LogP contribution in [0.1, 0.15) is 32.4 Å². The van der Waals surface area contributed by atoms with E-state index < -0.39 is 14.4 Å². The zero-order valence-corrected chi connectivity index (χ0v) is 12.8. The summed E-state index contributed by atoms with van der Waals surface area (Å²) < 4.78 is 11.6. The van der Waals surface area contributed by atoms with Crippen molar-refractivity contribution in [3.8, 4) is 11.5 Å². The first-order valence-corrected chi connectivity index (χ1v) is 9.25. The van der Waals surface area contributed by atoms with E-state index in [1.165, 1.54) is 0 Å². The van der Waals surface area contributed by atoms with E-state index in [0.29, 0.717) is 6.61 Å². The van der Waals surface area contributed by atoms with Gasteiger partial charge in [-0.05, 0) is 36.3 Å². The fourth-order valence-electron chi connectivity index (χ4n) is 1.69. The molecule has 4 heteroatoms. The molecular weight excluding hydrogens is 244 g/mol. The Balaban J connectivity index is 2.24. The van der Waals surface area contributed by atoms with E-state index in [-0.39, 0.29) is 5.04 Å². The number of aliphatic hydroxyl groups excluding tert-OH is 1. The Labute approximate surface area is 110 Å². The van der Waals surface area contributed by atoms with E-state index in [0.717, 1.165) is 17.1 Å². The maximum absolute atomic E-state index is 9.79. The maximum Gasteiger partial charge on any atom is 0.250 e. The van der Waals surface area contributed by atoms with Crippen LogP contribution >= 0.6 is 0 Å². The summed E-state index contributed by atoms with van der Waals surface area (Å²) in [6.45, 7) is 11.4. The summed E-state index contributed by atoms with van der Waals surface area (Å²) in [7, 11) is -1.82. The van der Waals surface area contributed by atoms with Crippen molar-refractivity contribution in [2.45, 2.75) is 45.0 Å². The first-order chi connectivity index (χ1) is 8.21. The van der Waals surface area contributed by atoms with Crippen molar-refractivity contribution in [3.63, 3.8) is 0 Å². The highest BCUT2D eigenvalue weighted by atomic mass is 28.4. The molecule has 1 aromatic carbocycles.